The molecule has 0 aliphatic carbocycles. The summed E-state index contributed by atoms with van der Waals surface area (Å²) < 4.78 is 11.9. The molecule has 2 atom stereocenters. The molecule has 0 bridgehead atoms. The van der Waals surface area contributed by atoms with Crippen molar-refractivity contribution >= 4 is 17.4 Å². The number of amides is 1. The van der Waals surface area contributed by atoms with Crippen molar-refractivity contribution in [3.63, 3.8) is 0 Å². The number of aliphatic hydroxyl groups excluding tert-OH is 1. The number of carbonyl (C=O) groups excluding carboxylic acids is 2. The van der Waals surface area contributed by atoms with Gasteiger partial charge in [-0.3, -0.25) is 19.5 Å². The SMILES string of the molecule is Cc1cc(C(O)=C2C(=O)C(=O)N(CCCN3CCOCC3CC(C)(C)C)C2c2ccncc2)ccc1OCc1ccc(CC(C)(C)C)cc1. The average molecular weight is 668 g/mol. The van der Waals surface area contributed by atoms with E-state index in [1.54, 1.807) is 35.5 Å². The number of hydrogen-bond acceptors (Lipinski definition) is 7. The number of benzene rings is 2. The third-order valence-electron chi connectivity index (χ3n) is 9.20. The van der Waals surface area contributed by atoms with E-state index in [1.165, 1.54) is 5.56 Å². The van der Waals surface area contributed by atoms with E-state index in [0.717, 1.165) is 42.6 Å². The van der Waals surface area contributed by atoms with E-state index < -0.39 is 17.7 Å². The number of Topliss-reactive ketones (excluding diaryl/α,β-unsaturated/α-hetero) is 1. The molecule has 8 nitrogen and oxygen atoms in total. The van der Waals surface area contributed by atoms with Gasteiger partial charge in [-0.05, 0) is 89.6 Å². The van der Waals surface area contributed by atoms with Gasteiger partial charge in [-0.1, -0.05) is 65.8 Å². The number of morpholine rings is 1. The van der Waals surface area contributed by atoms with Gasteiger partial charge in [0.1, 0.15) is 18.1 Å². The lowest BCUT2D eigenvalue weighted by Crippen LogP contribution is -2.48. The van der Waals surface area contributed by atoms with Gasteiger partial charge in [-0.25, -0.2) is 0 Å². The lowest BCUT2D eigenvalue weighted by atomic mass is 9.87. The first kappa shape index (κ1) is 36.3. The lowest BCUT2D eigenvalue weighted by Gasteiger charge is -2.39. The Morgan fingerprint density at radius 1 is 0.939 bits per heavy atom. The van der Waals surface area contributed by atoms with Gasteiger partial charge in [-0.15, -0.1) is 0 Å². The molecule has 3 heterocycles. The molecule has 262 valence electrons. The lowest BCUT2D eigenvalue weighted by molar-refractivity contribution is -0.140. The van der Waals surface area contributed by atoms with Gasteiger partial charge in [-0.2, -0.15) is 0 Å². The minimum Gasteiger partial charge on any atom is -0.507 e. The van der Waals surface area contributed by atoms with Crippen LogP contribution in [0.4, 0.5) is 0 Å². The maximum absolute atomic E-state index is 13.6. The molecular weight excluding hydrogens is 614 g/mol. The van der Waals surface area contributed by atoms with Crippen molar-refractivity contribution in [1.29, 1.82) is 0 Å². The molecule has 2 aromatic carbocycles. The highest BCUT2D eigenvalue weighted by Crippen LogP contribution is 2.40. The zero-order chi connectivity index (χ0) is 35.3. The molecule has 2 unspecified atom stereocenters. The van der Waals surface area contributed by atoms with Crippen LogP contribution in [0, 0.1) is 17.8 Å². The van der Waals surface area contributed by atoms with Crippen LogP contribution in [0.2, 0.25) is 0 Å². The number of aliphatic hydroxyl groups is 1. The van der Waals surface area contributed by atoms with Crippen LogP contribution in [-0.2, 0) is 27.4 Å². The van der Waals surface area contributed by atoms with Crippen LogP contribution in [0.25, 0.3) is 5.76 Å². The van der Waals surface area contributed by atoms with Crippen molar-refractivity contribution in [3.8, 4) is 5.75 Å². The Morgan fingerprint density at radius 2 is 1.63 bits per heavy atom. The molecule has 1 amide bonds. The number of rotatable bonds is 11. The van der Waals surface area contributed by atoms with Crippen LogP contribution in [-0.4, -0.2) is 70.5 Å². The van der Waals surface area contributed by atoms with Gasteiger partial charge in [0.15, 0.2) is 0 Å². The first-order valence-corrected chi connectivity index (χ1v) is 17.5. The van der Waals surface area contributed by atoms with Crippen LogP contribution >= 0.6 is 0 Å². The average Bonchev–Trinajstić information content (AvgIpc) is 3.29. The number of carbonyl (C=O) groups is 2. The first-order chi connectivity index (χ1) is 23.2. The first-order valence-electron chi connectivity index (χ1n) is 17.5. The van der Waals surface area contributed by atoms with Crippen molar-refractivity contribution in [2.75, 3.05) is 32.8 Å². The largest absolute Gasteiger partial charge is 0.507 e. The van der Waals surface area contributed by atoms with Crippen molar-refractivity contribution in [2.24, 2.45) is 10.8 Å². The van der Waals surface area contributed by atoms with E-state index in [2.05, 4.69) is 75.7 Å². The maximum atomic E-state index is 13.6. The Bertz CT molecular complexity index is 1640. The topological polar surface area (TPSA) is 92.2 Å². The standard InChI is InChI=1S/C41H53N3O5/c1-28-23-32(13-14-34(28)49-26-30-11-9-29(10-12-30)24-40(2,3)4)37(45)35-36(31-15-17-42-18-16-31)44(39(47)38(35)46)20-8-19-43-21-22-48-27-33(43)25-41(5,6)7/h9-18,23,33,36,45H,8,19-22,24-27H2,1-7H3. The molecule has 1 aromatic heterocycles. The Morgan fingerprint density at radius 3 is 2.29 bits per heavy atom. The number of ketones is 1. The smallest absolute Gasteiger partial charge is 0.295 e. The minimum absolute atomic E-state index is 0.0941. The number of nitrogens with zero attached hydrogens (tertiary/aromatic N) is 3. The summed E-state index contributed by atoms with van der Waals surface area (Å²) in [5.74, 6) is -0.773. The summed E-state index contributed by atoms with van der Waals surface area (Å²) in [4.78, 5) is 35.4. The van der Waals surface area contributed by atoms with Gasteiger partial charge in [0.25, 0.3) is 11.7 Å². The van der Waals surface area contributed by atoms with Gasteiger partial charge >= 0.3 is 0 Å². The number of ether oxygens (including phenoxy) is 2. The van der Waals surface area contributed by atoms with E-state index in [-0.39, 0.29) is 22.2 Å². The number of hydrogen-bond donors (Lipinski definition) is 1. The van der Waals surface area contributed by atoms with Crippen LogP contribution in [0.3, 0.4) is 0 Å². The molecule has 5 rings (SSSR count). The second-order valence-electron chi connectivity index (χ2n) is 16.0. The molecule has 3 aromatic rings. The molecule has 2 fully saturated rings. The summed E-state index contributed by atoms with van der Waals surface area (Å²) in [5, 5.41) is 11.7. The number of aryl methyl sites for hydroxylation is 1. The Hall–Kier alpha value is -4.01. The van der Waals surface area contributed by atoms with Crippen LogP contribution in [0.15, 0.2) is 72.6 Å². The van der Waals surface area contributed by atoms with Gasteiger partial charge in [0.05, 0.1) is 24.8 Å². The fraction of sp³-hybridized carbons (Fsp3) is 0.488. The van der Waals surface area contributed by atoms with Crippen molar-refractivity contribution in [2.45, 2.75) is 86.4 Å². The summed E-state index contributed by atoms with van der Waals surface area (Å²) in [7, 11) is 0. The monoisotopic (exact) mass is 667 g/mol. The predicted octanol–water partition coefficient (Wildman–Crippen LogP) is 7.51. The molecule has 2 aliphatic heterocycles. The summed E-state index contributed by atoms with van der Waals surface area (Å²) in [5.41, 5.74) is 4.88. The molecule has 0 spiro atoms. The number of pyridine rings is 1. The van der Waals surface area contributed by atoms with E-state index in [9.17, 15) is 14.7 Å². The maximum Gasteiger partial charge on any atom is 0.295 e. The molecule has 0 radical (unpaired) electrons. The summed E-state index contributed by atoms with van der Waals surface area (Å²) >= 11 is 0. The van der Waals surface area contributed by atoms with Gasteiger partial charge < -0.3 is 19.5 Å². The number of aromatic nitrogens is 1. The van der Waals surface area contributed by atoms with Gasteiger partial charge in [0.2, 0.25) is 0 Å². The molecule has 2 saturated heterocycles. The zero-order valence-corrected chi connectivity index (χ0v) is 30.3. The molecule has 0 saturated carbocycles. The third kappa shape index (κ3) is 9.37. The van der Waals surface area contributed by atoms with Crippen molar-refractivity contribution in [1.82, 2.24) is 14.8 Å². The summed E-state index contributed by atoms with van der Waals surface area (Å²) in [6.45, 7) is 19.2. The highest BCUT2D eigenvalue weighted by molar-refractivity contribution is 6.46. The van der Waals surface area contributed by atoms with Crippen LogP contribution < -0.4 is 4.74 Å². The van der Waals surface area contributed by atoms with Crippen LogP contribution in [0.5, 0.6) is 5.75 Å². The van der Waals surface area contributed by atoms with Crippen LogP contribution in [0.1, 0.15) is 88.2 Å². The fourth-order valence-electron chi connectivity index (χ4n) is 6.97. The second-order valence-corrected chi connectivity index (χ2v) is 16.0. The molecular formula is C41H53N3O5. The summed E-state index contributed by atoms with van der Waals surface area (Å²) in [6, 6.07) is 17.1. The normalized spacial score (nSPS) is 20.2. The van der Waals surface area contributed by atoms with Gasteiger partial charge in [0, 0.05) is 43.6 Å². The highest BCUT2D eigenvalue weighted by Gasteiger charge is 2.46. The highest BCUT2D eigenvalue weighted by atomic mass is 16.5. The Labute approximate surface area is 292 Å². The van der Waals surface area contributed by atoms with E-state index in [4.69, 9.17) is 9.47 Å². The van der Waals surface area contributed by atoms with Crippen molar-refractivity contribution in [3.05, 3.63) is 100 Å². The molecule has 1 N–H and O–H groups in total. The zero-order valence-electron chi connectivity index (χ0n) is 30.3. The molecule has 8 heteroatoms. The van der Waals surface area contributed by atoms with E-state index in [1.807, 2.05) is 19.1 Å². The third-order valence-corrected chi connectivity index (χ3v) is 9.20. The number of likely N-dealkylation sites (tertiary alicyclic amines) is 1. The van der Waals surface area contributed by atoms with E-state index >= 15 is 0 Å². The fourth-order valence-corrected chi connectivity index (χ4v) is 6.97. The quantitative estimate of drug-likeness (QED) is 0.129. The molecule has 49 heavy (non-hydrogen) atoms. The Kier molecular flexibility index (Phi) is 11.3. The predicted molar refractivity (Wildman–Crippen MR) is 193 cm³/mol. The molecule has 2 aliphatic rings. The van der Waals surface area contributed by atoms with Crippen molar-refractivity contribution < 1.29 is 24.2 Å². The summed E-state index contributed by atoms with van der Waals surface area (Å²) in [6.07, 6.45) is 6.01. The minimum atomic E-state index is -0.712. The Balaban J connectivity index is 1.33. The second kappa shape index (κ2) is 15.3. The van der Waals surface area contributed by atoms with E-state index in [0.29, 0.717) is 50.1 Å².